The van der Waals surface area contributed by atoms with Crippen molar-refractivity contribution in [2.75, 3.05) is 0 Å². The predicted molar refractivity (Wildman–Crippen MR) is 94.3 cm³/mol. The van der Waals surface area contributed by atoms with Gasteiger partial charge in [0.1, 0.15) is 0 Å². The second-order valence-electron chi connectivity index (χ2n) is 3.70. The van der Waals surface area contributed by atoms with Crippen molar-refractivity contribution >= 4 is 47.3 Å². The lowest BCUT2D eigenvalue weighted by Gasteiger charge is -1.89. The van der Waals surface area contributed by atoms with Crippen LogP contribution in [0.3, 0.4) is 0 Å². The van der Waals surface area contributed by atoms with E-state index in [1.54, 1.807) is 0 Å². The highest BCUT2D eigenvalue weighted by atomic mass is 32.1. The molecule has 0 radical (unpaired) electrons. The topological polar surface area (TPSA) is 82.2 Å². The summed E-state index contributed by atoms with van der Waals surface area (Å²) in [6.45, 7) is 0. The first-order valence-electron chi connectivity index (χ1n) is 5.93. The highest BCUT2D eigenvalue weighted by Gasteiger charge is 2.06. The molecule has 2 aromatic carbocycles. The van der Waals surface area contributed by atoms with Gasteiger partial charge in [0.05, 0.1) is 10.8 Å². The van der Waals surface area contributed by atoms with Crippen molar-refractivity contribution in [2.45, 2.75) is 4.90 Å². The highest BCUT2D eigenvalue weighted by Crippen LogP contribution is 2.35. The lowest BCUT2D eigenvalue weighted by Crippen LogP contribution is -1.67. The van der Waals surface area contributed by atoms with Crippen molar-refractivity contribution in [1.29, 1.82) is 0 Å². The van der Waals surface area contributed by atoms with E-state index in [0.29, 0.717) is 11.4 Å². The van der Waals surface area contributed by atoms with E-state index in [-0.39, 0.29) is 0 Å². The number of aliphatic imine (C=N–C) groups is 1. The third-order valence-corrected chi connectivity index (χ3v) is 3.41. The maximum absolute atomic E-state index is 10.3. The summed E-state index contributed by atoms with van der Waals surface area (Å²) in [7, 11) is -4.30. The number of para-hydroxylation sites is 1. The molecule has 5 nitrogen and oxygen atoms in total. The number of rotatable bonds is 3. The van der Waals surface area contributed by atoms with Gasteiger partial charge in [-0.1, -0.05) is 36.4 Å². The molecule has 0 aromatic heterocycles. The van der Waals surface area contributed by atoms with E-state index < -0.39 is 7.75 Å². The zero-order chi connectivity index (χ0) is 16.3. The average Bonchev–Trinajstić information content (AvgIpc) is 2.49. The molecule has 0 amide bonds. The Morgan fingerprint density at radius 2 is 1.55 bits per heavy atom. The van der Waals surface area contributed by atoms with E-state index in [0.717, 1.165) is 10.6 Å². The number of nitrogens with zero attached hydrogens (tertiary/aromatic N) is 2. The zero-order valence-corrected chi connectivity index (χ0v) is 13.9. The molecule has 22 heavy (non-hydrogen) atoms. The molecule has 114 valence electrons. The fourth-order valence-corrected chi connectivity index (χ4v) is 2.38. The van der Waals surface area contributed by atoms with Gasteiger partial charge in [-0.25, -0.2) is 4.57 Å². The van der Waals surface area contributed by atoms with Crippen LogP contribution in [0.25, 0.3) is 0 Å². The molecule has 0 heterocycles. The summed E-state index contributed by atoms with van der Waals surface area (Å²) < 4.78 is 13.2. The minimum absolute atomic E-state index is 0.554. The minimum Gasteiger partial charge on any atom is -0.306 e. The summed E-state index contributed by atoms with van der Waals surface area (Å²) in [5.41, 5.74) is 0.854. The van der Waals surface area contributed by atoms with Crippen molar-refractivity contribution in [1.82, 2.24) is 0 Å². The summed E-state index contributed by atoms with van der Waals surface area (Å²) >= 11 is 4.97. The van der Waals surface area contributed by atoms with Gasteiger partial charge in [0.25, 0.3) is 0 Å². The summed E-state index contributed by atoms with van der Waals surface area (Å²) in [4.78, 5) is 21.4. The van der Waals surface area contributed by atoms with Gasteiger partial charge in [-0.3, -0.25) is 0 Å². The molecule has 0 saturated carbocycles. The van der Waals surface area contributed by atoms with Crippen LogP contribution in [0.15, 0.2) is 75.3 Å². The standard InChI is InChI=1S/C7H8NO3PS.C7H5NS/c9-12(10,11)8-6-13-7-4-2-1-3-5-7;9-6-8-7-4-2-1-3-5-7/h1-5,13H,(H2,9,10,11);1-5H. The van der Waals surface area contributed by atoms with Crippen molar-refractivity contribution in [3.63, 3.8) is 0 Å². The largest absolute Gasteiger partial charge is 0.457 e. The fourth-order valence-electron chi connectivity index (χ4n) is 1.20. The minimum atomic E-state index is -4.30. The summed E-state index contributed by atoms with van der Waals surface area (Å²) in [5, 5.41) is 4.57. The second kappa shape index (κ2) is 10.1. The Bertz CT molecular complexity index is 735. The Balaban J connectivity index is 0.000000235. The normalized spacial score (nSPS) is 9.55. The van der Waals surface area contributed by atoms with Gasteiger partial charge in [0.15, 0.2) is 0 Å². The van der Waals surface area contributed by atoms with E-state index in [4.69, 9.17) is 9.79 Å². The molecule has 0 unspecified atom stereocenters. The first-order chi connectivity index (χ1) is 10.5. The van der Waals surface area contributed by atoms with E-state index in [9.17, 15) is 4.57 Å². The van der Waals surface area contributed by atoms with E-state index >= 15 is 0 Å². The molecule has 0 saturated heterocycles. The Morgan fingerprint density at radius 3 is 2.05 bits per heavy atom. The molecule has 0 atom stereocenters. The fraction of sp³-hybridized carbons (Fsp3) is 0. The van der Waals surface area contributed by atoms with Crippen LogP contribution in [0.2, 0.25) is 0 Å². The highest BCUT2D eigenvalue weighted by molar-refractivity contribution is 7.97. The molecule has 0 spiro atoms. The van der Waals surface area contributed by atoms with Crippen LogP contribution in [-0.2, 0) is 4.57 Å². The molecule has 2 rings (SSSR count). The van der Waals surface area contributed by atoms with Crippen LogP contribution in [0.5, 0.6) is 0 Å². The first-order valence-corrected chi connectivity index (χ1v) is 8.79. The molecule has 0 bridgehead atoms. The van der Waals surface area contributed by atoms with Gasteiger partial charge in [-0.2, -0.15) is 4.99 Å². The molecule has 0 fully saturated rings. The van der Waals surface area contributed by atoms with Crippen LogP contribution in [0.4, 0.5) is 5.69 Å². The zero-order valence-electron chi connectivity index (χ0n) is 11.3. The number of benzene rings is 2. The molecule has 2 N–H and O–H groups in total. The third-order valence-electron chi connectivity index (χ3n) is 2.04. The van der Waals surface area contributed by atoms with Crippen molar-refractivity contribution in [3.05, 3.63) is 60.7 Å². The number of thiol groups is 1. The van der Waals surface area contributed by atoms with Crippen molar-refractivity contribution < 1.29 is 14.4 Å². The third kappa shape index (κ3) is 9.29. The molecular weight excluding hydrogens is 339 g/mol. The monoisotopic (exact) mass is 352 g/mol. The van der Waals surface area contributed by atoms with Gasteiger partial charge >= 0.3 is 7.75 Å². The number of isothiocyanates is 2. The van der Waals surface area contributed by atoms with E-state index in [1.807, 2.05) is 60.7 Å². The molecule has 2 aromatic rings. The molecular formula is C14H13N2O3PS2. The van der Waals surface area contributed by atoms with Gasteiger partial charge in [-0.05, 0) is 36.5 Å². The Kier molecular flexibility index (Phi) is 8.44. The van der Waals surface area contributed by atoms with Crippen LogP contribution in [0.1, 0.15) is 0 Å². The van der Waals surface area contributed by atoms with E-state index in [1.165, 1.54) is 0 Å². The summed E-state index contributed by atoms with van der Waals surface area (Å²) in [5.74, 6) is 0. The van der Waals surface area contributed by atoms with Gasteiger partial charge < -0.3 is 9.79 Å². The van der Waals surface area contributed by atoms with Crippen molar-refractivity contribution in [2.24, 2.45) is 9.76 Å². The molecule has 0 aliphatic rings. The summed E-state index contributed by atoms with van der Waals surface area (Å²) in [6, 6.07) is 18.7. The molecule has 8 heteroatoms. The maximum Gasteiger partial charge on any atom is 0.457 e. The Hall–Kier alpha value is -1.68. The van der Waals surface area contributed by atoms with Gasteiger partial charge in [0, 0.05) is 10.1 Å². The van der Waals surface area contributed by atoms with Crippen molar-refractivity contribution in [3.8, 4) is 0 Å². The number of hydrogen-bond donors (Lipinski definition) is 3. The number of hydrogen-bond acceptors (Lipinski definition) is 3. The van der Waals surface area contributed by atoms with Crippen LogP contribution in [0, 0.1) is 0 Å². The van der Waals surface area contributed by atoms with Gasteiger partial charge in [0.2, 0.25) is 0 Å². The van der Waals surface area contributed by atoms with Crippen LogP contribution in [-0.4, -0.2) is 20.1 Å². The summed E-state index contributed by atoms with van der Waals surface area (Å²) in [6.07, 6.45) is 0. The Morgan fingerprint density at radius 1 is 1.00 bits per heavy atom. The smallest absolute Gasteiger partial charge is 0.306 e. The number of thiocarbonyl (C=S) groups is 1. The lowest BCUT2D eigenvalue weighted by atomic mass is 10.3. The SMILES string of the molecule is O=P(O)(O)N=C=[SH]c1ccccc1.S=C=Nc1ccccc1. The lowest BCUT2D eigenvalue weighted by molar-refractivity contribution is 0.375. The predicted octanol–water partition coefficient (Wildman–Crippen LogP) is 3.93. The van der Waals surface area contributed by atoms with Crippen LogP contribution < -0.4 is 0 Å². The molecule has 0 aliphatic heterocycles. The maximum atomic E-state index is 10.3. The molecule has 0 aliphatic carbocycles. The van der Waals surface area contributed by atoms with E-state index in [2.05, 4.69) is 32.3 Å². The quantitative estimate of drug-likeness (QED) is 0.338. The second-order valence-corrected chi connectivity index (χ2v) is 6.05. The van der Waals surface area contributed by atoms with Crippen LogP contribution >= 0.6 is 31.3 Å². The average molecular weight is 352 g/mol. The van der Waals surface area contributed by atoms with Gasteiger partial charge in [-0.15, -0.1) is 16.1 Å². The first kappa shape index (κ1) is 18.4. The Labute approximate surface area is 137 Å².